The molecule has 0 N–H and O–H groups in total. The van der Waals surface area contributed by atoms with Crippen LogP contribution < -0.4 is 4.90 Å². The van der Waals surface area contributed by atoms with Crippen molar-refractivity contribution in [3.63, 3.8) is 0 Å². The molecule has 0 amide bonds. The van der Waals surface area contributed by atoms with Gasteiger partial charge < -0.3 is 9.80 Å². The number of alkyl halides is 3. The Hall–Kier alpha value is -1.66. The number of anilines is 2. The predicted molar refractivity (Wildman–Crippen MR) is 96.9 cm³/mol. The van der Waals surface area contributed by atoms with Crippen LogP contribution in [0.3, 0.4) is 0 Å². The molecule has 0 spiro atoms. The van der Waals surface area contributed by atoms with Crippen LogP contribution >= 0.6 is 11.8 Å². The Kier molecular flexibility index (Phi) is 5.02. The van der Waals surface area contributed by atoms with Crippen molar-refractivity contribution in [2.75, 3.05) is 32.1 Å². The second kappa shape index (κ2) is 6.92. The number of benzene rings is 2. The van der Waals surface area contributed by atoms with Gasteiger partial charge in [0, 0.05) is 16.3 Å². The monoisotopic (exact) mass is 366 g/mol. The minimum Gasteiger partial charge on any atom is -0.340 e. The van der Waals surface area contributed by atoms with E-state index in [1.54, 1.807) is 17.8 Å². The molecule has 134 valence electrons. The second-order valence-corrected chi connectivity index (χ2v) is 7.65. The summed E-state index contributed by atoms with van der Waals surface area (Å²) >= 11 is 1.54. The van der Waals surface area contributed by atoms with Gasteiger partial charge in [-0.1, -0.05) is 17.8 Å². The van der Waals surface area contributed by atoms with Gasteiger partial charge in [0.05, 0.1) is 16.9 Å². The van der Waals surface area contributed by atoms with Gasteiger partial charge in [0.25, 0.3) is 0 Å². The molecule has 6 heteroatoms. The zero-order chi connectivity index (χ0) is 18.2. The Morgan fingerprint density at radius 3 is 2.44 bits per heavy atom. The van der Waals surface area contributed by atoms with Gasteiger partial charge in [-0.05, 0) is 69.9 Å². The van der Waals surface area contributed by atoms with Crippen molar-refractivity contribution in [3.8, 4) is 0 Å². The molecular formula is C19H21F3N2S. The molecule has 0 saturated heterocycles. The predicted octanol–water partition coefficient (Wildman–Crippen LogP) is 5.57. The van der Waals surface area contributed by atoms with Crippen LogP contribution in [0.4, 0.5) is 24.5 Å². The largest absolute Gasteiger partial charge is 0.416 e. The first-order chi connectivity index (χ1) is 11.8. The number of hydrogen-bond acceptors (Lipinski definition) is 3. The number of fused-ring (bicyclic) bond motifs is 2. The molecule has 1 aliphatic heterocycles. The molecule has 3 rings (SSSR count). The van der Waals surface area contributed by atoms with E-state index in [4.69, 9.17) is 0 Å². The Bertz CT molecular complexity index is 772. The Morgan fingerprint density at radius 1 is 1.00 bits per heavy atom. The maximum atomic E-state index is 13.2. The van der Waals surface area contributed by atoms with E-state index in [2.05, 4.69) is 11.0 Å². The Balaban J connectivity index is 2.02. The first-order valence-corrected chi connectivity index (χ1v) is 8.99. The molecule has 0 bridgehead atoms. The third kappa shape index (κ3) is 3.96. The molecule has 0 aliphatic carbocycles. The lowest BCUT2D eigenvalue weighted by Gasteiger charge is -2.34. The third-order valence-corrected chi connectivity index (χ3v) is 5.30. The third-order valence-electron chi connectivity index (χ3n) is 4.19. The van der Waals surface area contributed by atoms with Crippen molar-refractivity contribution in [2.45, 2.75) is 29.3 Å². The van der Waals surface area contributed by atoms with E-state index in [1.165, 1.54) is 12.1 Å². The smallest absolute Gasteiger partial charge is 0.340 e. The molecule has 0 atom stereocenters. The summed E-state index contributed by atoms with van der Waals surface area (Å²) in [5, 5.41) is 0. The summed E-state index contributed by atoms with van der Waals surface area (Å²) < 4.78 is 39.5. The summed E-state index contributed by atoms with van der Waals surface area (Å²) in [5.41, 5.74) is 2.19. The highest BCUT2D eigenvalue weighted by Crippen LogP contribution is 2.49. The fraction of sp³-hybridized carbons (Fsp3) is 0.368. The van der Waals surface area contributed by atoms with Gasteiger partial charge in [0.2, 0.25) is 0 Å². The summed E-state index contributed by atoms with van der Waals surface area (Å²) in [7, 11) is 4.00. The van der Waals surface area contributed by atoms with Gasteiger partial charge in [-0.2, -0.15) is 13.2 Å². The average Bonchev–Trinajstić information content (AvgIpc) is 2.52. The van der Waals surface area contributed by atoms with Crippen molar-refractivity contribution < 1.29 is 13.2 Å². The van der Waals surface area contributed by atoms with Gasteiger partial charge in [0.15, 0.2) is 0 Å². The highest BCUT2D eigenvalue weighted by atomic mass is 32.2. The van der Waals surface area contributed by atoms with Crippen LogP contribution in [0.2, 0.25) is 0 Å². The van der Waals surface area contributed by atoms with Crippen molar-refractivity contribution in [3.05, 3.63) is 47.5 Å². The molecule has 1 heterocycles. The molecule has 2 nitrogen and oxygen atoms in total. The van der Waals surface area contributed by atoms with Gasteiger partial charge in [-0.25, -0.2) is 0 Å². The lowest BCUT2D eigenvalue weighted by atomic mass is 10.1. The molecule has 0 fully saturated rings. The highest BCUT2D eigenvalue weighted by molar-refractivity contribution is 7.99. The van der Waals surface area contributed by atoms with Crippen LogP contribution in [0.25, 0.3) is 0 Å². The molecule has 2 aromatic carbocycles. The lowest BCUT2D eigenvalue weighted by molar-refractivity contribution is -0.137. The van der Waals surface area contributed by atoms with Crippen molar-refractivity contribution in [1.82, 2.24) is 4.90 Å². The van der Waals surface area contributed by atoms with Crippen LogP contribution in [-0.2, 0) is 6.18 Å². The van der Waals surface area contributed by atoms with Crippen LogP contribution in [-0.4, -0.2) is 32.1 Å². The van der Waals surface area contributed by atoms with Gasteiger partial charge >= 0.3 is 6.18 Å². The second-order valence-electron chi connectivity index (χ2n) is 6.56. The summed E-state index contributed by atoms with van der Waals surface area (Å²) in [4.78, 5) is 6.08. The van der Waals surface area contributed by atoms with Gasteiger partial charge in [0.1, 0.15) is 0 Å². The Morgan fingerprint density at radius 2 is 1.76 bits per heavy atom. The van der Waals surface area contributed by atoms with Crippen LogP contribution in [0.5, 0.6) is 0 Å². The summed E-state index contributed by atoms with van der Waals surface area (Å²) in [6.45, 7) is 3.60. The van der Waals surface area contributed by atoms with Crippen molar-refractivity contribution >= 4 is 23.1 Å². The molecular weight excluding hydrogens is 345 g/mol. The van der Waals surface area contributed by atoms with E-state index in [1.807, 2.05) is 38.1 Å². The maximum absolute atomic E-state index is 13.2. The van der Waals surface area contributed by atoms with E-state index in [9.17, 15) is 13.2 Å². The minimum absolute atomic E-state index is 0.597. The zero-order valence-electron chi connectivity index (χ0n) is 14.5. The van der Waals surface area contributed by atoms with E-state index in [0.29, 0.717) is 12.2 Å². The standard InChI is InChI=1S/C19H21F3N2S/c1-13-5-7-15-18(11-13)25-17-8-6-14(19(20,21)22)12-16(17)24(15)10-4-9-23(2)3/h5-8,11-12H,4,9-10H2,1-3H3. The van der Waals surface area contributed by atoms with Gasteiger partial charge in [-0.15, -0.1) is 0 Å². The van der Waals surface area contributed by atoms with E-state index >= 15 is 0 Å². The number of aryl methyl sites for hydroxylation is 1. The topological polar surface area (TPSA) is 6.48 Å². The lowest BCUT2D eigenvalue weighted by Crippen LogP contribution is -2.25. The highest BCUT2D eigenvalue weighted by Gasteiger charge is 2.33. The number of rotatable bonds is 4. The molecule has 0 saturated carbocycles. The molecule has 0 unspecified atom stereocenters. The van der Waals surface area contributed by atoms with E-state index in [0.717, 1.165) is 34.0 Å². The van der Waals surface area contributed by atoms with Crippen molar-refractivity contribution in [1.29, 1.82) is 0 Å². The van der Waals surface area contributed by atoms with Gasteiger partial charge in [-0.3, -0.25) is 0 Å². The quantitative estimate of drug-likeness (QED) is 0.699. The summed E-state index contributed by atoms with van der Waals surface area (Å²) in [5.74, 6) is 0. The molecule has 0 aromatic heterocycles. The molecule has 25 heavy (non-hydrogen) atoms. The van der Waals surface area contributed by atoms with Crippen LogP contribution in [0, 0.1) is 6.92 Å². The number of halogens is 3. The molecule has 2 aromatic rings. The summed E-state index contributed by atoms with van der Waals surface area (Å²) in [6.07, 6.45) is -3.46. The van der Waals surface area contributed by atoms with Crippen LogP contribution in [0.15, 0.2) is 46.2 Å². The Labute approximate surface area is 150 Å². The average molecular weight is 366 g/mol. The van der Waals surface area contributed by atoms with E-state index in [-0.39, 0.29) is 0 Å². The first-order valence-electron chi connectivity index (χ1n) is 8.18. The SMILES string of the molecule is Cc1ccc2c(c1)Sc1ccc(C(F)(F)F)cc1N2CCCN(C)C. The normalized spacial score (nSPS) is 13.8. The zero-order valence-corrected chi connectivity index (χ0v) is 15.3. The number of hydrogen-bond donors (Lipinski definition) is 0. The summed E-state index contributed by atoms with van der Waals surface area (Å²) in [6, 6.07) is 10.2. The van der Waals surface area contributed by atoms with Crippen LogP contribution in [0.1, 0.15) is 17.5 Å². The minimum atomic E-state index is -4.33. The first kappa shape index (κ1) is 18.1. The maximum Gasteiger partial charge on any atom is 0.416 e. The number of nitrogens with zero attached hydrogens (tertiary/aromatic N) is 2. The fourth-order valence-corrected chi connectivity index (χ4v) is 4.13. The fourth-order valence-electron chi connectivity index (χ4n) is 2.95. The molecule has 0 radical (unpaired) electrons. The molecule has 1 aliphatic rings. The van der Waals surface area contributed by atoms with Crippen molar-refractivity contribution in [2.24, 2.45) is 0 Å². The van der Waals surface area contributed by atoms with E-state index < -0.39 is 11.7 Å².